The van der Waals surface area contributed by atoms with Gasteiger partial charge in [-0.2, -0.15) is 0 Å². The molecule has 0 bridgehead atoms. The lowest BCUT2D eigenvalue weighted by Crippen LogP contribution is -2.09. The third-order valence-electron chi connectivity index (χ3n) is 2.82. The third-order valence-corrected chi connectivity index (χ3v) is 3.12. The summed E-state index contributed by atoms with van der Waals surface area (Å²) < 4.78 is 20.4. The van der Waals surface area contributed by atoms with Crippen molar-refractivity contribution in [2.24, 2.45) is 0 Å². The Morgan fingerprint density at radius 2 is 2.25 bits per heavy atom. The molecule has 1 heterocycles. The number of aryl methyl sites for hydroxylation is 1. The number of hydrogen-bond donors (Lipinski definition) is 1. The number of imidazole rings is 1. The Balaban J connectivity index is 2.20. The van der Waals surface area contributed by atoms with Crippen LogP contribution in [0.1, 0.15) is 12.1 Å². The number of nitrogens with zero attached hydrogens (tertiary/aromatic N) is 2. The molecular weight excluding hydrogens is 281 g/mol. The number of nitrogens with one attached hydrogen (secondary N) is 1. The summed E-state index contributed by atoms with van der Waals surface area (Å²) >= 11 is 5.70. The topological polar surface area (TPSA) is 39.1 Å². The van der Waals surface area contributed by atoms with Crippen LogP contribution in [0.5, 0.6) is 0 Å². The molecule has 0 radical (unpaired) electrons. The van der Waals surface area contributed by atoms with Gasteiger partial charge in [-0.15, -0.1) is 0 Å². The molecule has 0 spiro atoms. The van der Waals surface area contributed by atoms with Crippen LogP contribution in [0.3, 0.4) is 0 Å². The Labute approximate surface area is 122 Å². The van der Waals surface area contributed by atoms with Gasteiger partial charge in [0.15, 0.2) is 0 Å². The number of ether oxygens (including phenoxy) is 1. The van der Waals surface area contributed by atoms with Crippen molar-refractivity contribution in [1.82, 2.24) is 9.55 Å². The first kappa shape index (κ1) is 14.8. The summed E-state index contributed by atoms with van der Waals surface area (Å²) in [6.07, 6.45) is 2.72. The molecule has 1 aromatic heterocycles. The van der Waals surface area contributed by atoms with Gasteiger partial charge in [0, 0.05) is 26.5 Å². The van der Waals surface area contributed by atoms with Crippen molar-refractivity contribution in [3.05, 3.63) is 40.9 Å². The second kappa shape index (κ2) is 6.72. The third kappa shape index (κ3) is 3.49. The highest BCUT2D eigenvalue weighted by molar-refractivity contribution is 6.30. The van der Waals surface area contributed by atoms with Crippen LogP contribution in [0.25, 0.3) is 5.69 Å². The Morgan fingerprint density at radius 1 is 1.45 bits per heavy atom. The van der Waals surface area contributed by atoms with E-state index in [4.69, 9.17) is 16.3 Å². The molecule has 0 fully saturated rings. The zero-order valence-corrected chi connectivity index (χ0v) is 12.2. The zero-order chi connectivity index (χ0) is 14.5. The van der Waals surface area contributed by atoms with Gasteiger partial charge in [0.1, 0.15) is 5.82 Å². The largest absolute Gasteiger partial charge is 0.385 e. The predicted molar refractivity (Wildman–Crippen MR) is 78.3 cm³/mol. The van der Waals surface area contributed by atoms with Crippen molar-refractivity contribution >= 4 is 17.5 Å². The molecule has 0 saturated carbocycles. The summed E-state index contributed by atoms with van der Waals surface area (Å²) in [5.74, 6) is 0.237. The minimum Gasteiger partial charge on any atom is -0.385 e. The molecule has 0 atom stereocenters. The first-order valence-corrected chi connectivity index (χ1v) is 6.74. The van der Waals surface area contributed by atoms with Crippen molar-refractivity contribution in [1.29, 1.82) is 0 Å². The molecule has 0 aliphatic rings. The lowest BCUT2D eigenvalue weighted by atomic mass is 10.3. The number of aromatic nitrogens is 2. The fourth-order valence-electron chi connectivity index (χ4n) is 1.87. The fourth-order valence-corrected chi connectivity index (χ4v) is 1.99. The van der Waals surface area contributed by atoms with E-state index in [0.29, 0.717) is 18.2 Å². The zero-order valence-electron chi connectivity index (χ0n) is 11.5. The average molecular weight is 298 g/mol. The first-order chi connectivity index (χ1) is 9.61. The summed E-state index contributed by atoms with van der Waals surface area (Å²) in [5, 5.41) is 3.33. The fraction of sp³-hybridized carbons (Fsp3) is 0.357. The molecule has 2 aromatic rings. The molecule has 108 valence electrons. The number of rotatable bonds is 6. The van der Waals surface area contributed by atoms with Crippen LogP contribution >= 0.6 is 11.6 Å². The van der Waals surface area contributed by atoms with E-state index in [1.54, 1.807) is 13.2 Å². The maximum Gasteiger partial charge on any atom is 0.207 e. The quantitative estimate of drug-likeness (QED) is 0.830. The Kier molecular flexibility index (Phi) is 4.98. The number of methoxy groups -OCH3 is 1. The van der Waals surface area contributed by atoms with Crippen molar-refractivity contribution in [2.75, 3.05) is 25.6 Å². The normalized spacial score (nSPS) is 10.8. The molecule has 0 amide bonds. The smallest absolute Gasteiger partial charge is 0.207 e. The summed E-state index contributed by atoms with van der Waals surface area (Å²) in [5.41, 5.74) is 1.54. The second-order valence-electron chi connectivity index (χ2n) is 4.45. The van der Waals surface area contributed by atoms with Gasteiger partial charge in [-0.1, -0.05) is 11.6 Å². The molecule has 1 N–H and O–H groups in total. The molecular formula is C14H17ClFN3O. The van der Waals surface area contributed by atoms with Crippen LogP contribution in [0.4, 0.5) is 10.3 Å². The number of halogens is 2. The van der Waals surface area contributed by atoms with Gasteiger partial charge < -0.3 is 10.1 Å². The van der Waals surface area contributed by atoms with Crippen molar-refractivity contribution < 1.29 is 9.13 Å². The summed E-state index contributed by atoms with van der Waals surface area (Å²) in [4.78, 5) is 4.39. The van der Waals surface area contributed by atoms with Gasteiger partial charge in [-0.05, 0) is 31.5 Å². The minimum atomic E-state index is -0.444. The summed E-state index contributed by atoms with van der Waals surface area (Å²) in [6.45, 7) is 3.31. The maximum atomic E-state index is 13.6. The van der Waals surface area contributed by atoms with E-state index >= 15 is 0 Å². The molecule has 0 aliphatic heterocycles. The highest BCUT2D eigenvalue weighted by Crippen LogP contribution is 2.21. The average Bonchev–Trinajstić information content (AvgIpc) is 2.79. The van der Waals surface area contributed by atoms with E-state index in [2.05, 4.69) is 10.3 Å². The van der Waals surface area contributed by atoms with Gasteiger partial charge in [0.2, 0.25) is 5.95 Å². The lowest BCUT2D eigenvalue weighted by molar-refractivity contribution is 0.197. The van der Waals surface area contributed by atoms with E-state index in [0.717, 1.165) is 18.7 Å². The second-order valence-corrected chi connectivity index (χ2v) is 4.85. The SMILES string of the molecule is COCCCNc1nc(C)cn1-c1ccc(Cl)c(F)c1. The van der Waals surface area contributed by atoms with E-state index in [1.165, 1.54) is 12.1 Å². The highest BCUT2D eigenvalue weighted by atomic mass is 35.5. The van der Waals surface area contributed by atoms with Crippen LogP contribution in [0, 0.1) is 12.7 Å². The Bertz CT molecular complexity index is 586. The van der Waals surface area contributed by atoms with Crippen LogP contribution < -0.4 is 5.32 Å². The lowest BCUT2D eigenvalue weighted by Gasteiger charge is -2.10. The van der Waals surface area contributed by atoms with Crippen LogP contribution in [0.2, 0.25) is 5.02 Å². The summed E-state index contributed by atoms with van der Waals surface area (Å²) in [7, 11) is 1.67. The number of benzene rings is 1. The predicted octanol–water partition coefficient (Wildman–Crippen LogP) is 3.42. The van der Waals surface area contributed by atoms with Crippen LogP contribution in [-0.2, 0) is 4.74 Å². The van der Waals surface area contributed by atoms with E-state index in [1.807, 2.05) is 17.7 Å². The van der Waals surface area contributed by atoms with E-state index in [-0.39, 0.29) is 5.02 Å². The van der Waals surface area contributed by atoms with E-state index < -0.39 is 5.82 Å². The van der Waals surface area contributed by atoms with Gasteiger partial charge in [-0.25, -0.2) is 9.37 Å². The van der Waals surface area contributed by atoms with Crippen LogP contribution in [-0.4, -0.2) is 29.8 Å². The van der Waals surface area contributed by atoms with Gasteiger partial charge in [-0.3, -0.25) is 4.57 Å². The van der Waals surface area contributed by atoms with Gasteiger partial charge in [0.05, 0.1) is 16.4 Å². The molecule has 0 unspecified atom stereocenters. The molecule has 4 nitrogen and oxygen atoms in total. The highest BCUT2D eigenvalue weighted by Gasteiger charge is 2.09. The number of hydrogen-bond acceptors (Lipinski definition) is 3. The maximum absolute atomic E-state index is 13.6. The van der Waals surface area contributed by atoms with E-state index in [9.17, 15) is 4.39 Å². The monoisotopic (exact) mass is 297 g/mol. The molecule has 1 aromatic carbocycles. The van der Waals surface area contributed by atoms with Gasteiger partial charge in [0.25, 0.3) is 0 Å². The standard InChI is InChI=1S/C14H17ClFN3O/c1-10-9-19(11-4-5-12(15)13(16)8-11)14(18-10)17-6-3-7-20-2/h4-5,8-9H,3,6-7H2,1-2H3,(H,17,18). The van der Waals surface area contributed by atoms with Crippen molar-refractivity contribution in [2.45, 2.75) is 13.3 Å². The van der Waals surface area contributed by atoms with Crippen molar-refractivity contribution in [3.63, 3.8) is 0 Å². The molecule has 0 saturated heterocycles. The summed E-state index contributed by atoms with van der Waals surface area (Å²) in [6, 6.07) is 4.69. The number of anilines is 1. The van der Waals surface area contributed by atoms with Crippen LogP contribution in [0.15, 0.2) is 24.4 Å². The first-order valence-electron chi connectivity index (χ1n) is 6.36. The molecule has 6 heteroatoms. The van der Waals surface area contributed by atoms with Gasteiger partial charge >= 0.3 is 0 Å². The molecule has 0 aliphatic carbocycles. The Morgan fingerprint density at radius 3 is 2.95 bits per heavy atom. The molecule has 2 rings (SSSR count). The van der Waals surface area contributed by atoms with Crippen molar-refractivity contribution in [3.8, 4) is 5.69 Å². The molecule has 20 heavy (non-hydrogen) atoms. The minimum absolute atomic E-state index is 0.111. The Hall–Kier alpha value is -1.59.